The van der Waals surface area contributed by atoms with E-state index < -0.39 is 0 Å². The van der Waals surface area contributed by atoms with Gasteiger partial charge in [-0.25, -0.2) is 0 Å². The minimum atomic E-state index is 0.289. The minimum absolute atomic E-state index is 0.289. The fourth-order valence-corrected chi connectivity index (χ4v) is 2.74. The number of morpholine rings is 1. The van der Waals surface area contributed by atoms with E-state index >= 15 is 0 Å². The van der Waals surface area contributed by atoms with Gasteiger partial charge in [0.25, 0.3) is 0 Å². The Morgan fingerprint density at radius 2 is 2.22 bits per heavy atom. The number of nitrogens with one attached hydrogen (secondary N) is 1. The van der Waals surface area contributed by atoms with Crippen LogP contribution in [0.15, 0.2) is 24.3 Å². The van der Waals surface area contributed by atoms with Gasteiger partial charge in [0.05, 0.1) is 12.7 Å². The maximum Gasteiger partial charge on any atom is 0.0874 e. The topological polar surface area (TPSA) is 24.5 Å². The highest BCUT2D eigenvalue weighted by Gasteiger charge is 2.21. The average Bonchev–Trinajstić information content (AvgIpc) is 2.38. The lowest BCUT2D eigenvalue weighted by molar-refractivity contribution is -0.0315. The van der Waals surface area contributed by atoms with E-state index in [4.69, 9.17) is 4.74 Å². The van der Waals surface area contributed by atoms with Crippen molar-refractivity contribution < 1.29 is 4.74 Å². The molecule has 0 aliphatic carbocycles. The third-order valence-electron chi connectivity index (χ3n) is 3.29. The van der Waals surface area contributed by atoms with E-state index in [0.29, 0.717) is 6.04 Å². The first kappa shape index (κ1) is 14.1. The Bertz CT molecular complexity index is 384. The summed E-state index contributed by atoms with van der Waals surface area (Å²) >= 11 is 2.36. The van der Waals surface area contributed by atoms with Gasteiger partial charge in [0.1, 0.15) is 0 Å². The van der Waals surface area contributed by atoms with Crippen molar-refractivity contribution >= 4 is 28.3 Å². The molecule has 1 atom stereocenters. The Labute approximate surface area is 123 Å². The lowest BCUT2D eigenvalue weighted by Crippen LogP contribution is -2.48. The molecule has 100 valence electrons. The van der Waals surface area contributed by atoms with Crippen molar-refractivity contribution in [3.63, 3.8) is 0 Å². The smallest absolute Gasteiger partial charge is 0.0874 e. The van der Waals surface area contributed by atoms with Gasteiger partial charge in [0, 0.05) is 34.9 Å². The van der Waals surface area contributed by atoms with Gasteiger partial charge in [-0.15, -0.1) is 0 Å². The molecule has 4 heteroatoms. The average molecular weight is 360 g/mol. The van der Waals surface area contributed by atoms with Crippen LogP contribution in [0.5, 0.6) is 0 Å². The molecule has 1 fully saturated rings. The van der Waals surface area contributed by atoms with Crippen LogP contribution >= 0.6 is 22.6 Å². The zero-order valence-corrected chi connectivity index (χ0v) is 13.2. The third kappa shape index (κ3) is 3.83. The van der Waals surface area contributed by atoms with Gasteiger partial charge in [0.15, 0.2) is 0 Å². The van der Waals surface area contributed by atoms with Crippen molar-refractivity contribution in [3.05, 3.63) is 27.8 Å². The molecule has 0 bridgehead atoms. The largest absolute Gasteiger partial charge is 0.382 e. The highest BCUT2D eigenvalue weighted by Crippen LogP contribution is 2.17. The SMILES string of the molecule is CC(C)N1CCOC(CNc2ccccc2I)C1. The first-order chi connectivity index (χ1) is 8.66. The molecule has 1 heterocycles. The highest BCUT2D eigenvalue weighted by atomic mass is 127. The number of hydrogen-bond acceptors (Lipinski definition) is 3. The molecule has 1 aromatic carbocycles. The van der Waals surface area contributed by atoms with Crippen molar-refractivity contribution in [1.82, 2.24) is 4.90 Å². The van der Waals surface area contributed by atoms with Crippen LogP contribution in [0.2, 0.25) is 0 Å². The first-order valence-corrected chi connectivity index (χ1v) is 7.58. The molecule has 1 aliphatic rings. The Morgan fingerprint density at radius 1 is 1.44 bits per heavy atom. The van der Waals surface area contributed by atoms with Crippen molar-refractivity contribution in [3.8, 4) is 0 Å². The third-order valence-corrected chi connectivity index (χ3v) is 4.24. The second-order valence-electron chi connectivity index (χ2n) is 4.94. The number of benzene rings is 1. The van der Waals surface area contributed by atoms with Crippen LogP contribution in [0.4, 0.5) is 5.69 Å². The maximum atomic E-state index is 5.81. The van der Waals surface area contributed by atoms with Gasteiger partial charge in [-0.2, -0.15) is 0 Å². The summed E-state index contributed by atoms with van der Waals surface area (Å²) in [6.07, 6.45) is 0.289. The number of rotatable bonds is 4. The number of hydrogen-bond donors (Lipinski definition) is 1. The van der Waals surface area contributed by atoms with E-state index in [1.165, 1.54) is 9.26 Å². The molecule has 0 spiro atoms. The fraction of sp³-hybridized carbons (Fsp3) is 0.571. The van der Waals surface area contributed by atoms with Gasteiger partial charge < -0.3 is 10.1 Å². The van der Waals surface area contributed by atoms with Crippen LogP contribution < -0.4 is 5.32 Å². The molecular weight excluding hydrogens is 339 g/mol. The zero-order chi connectivity index (χ0) is 13.0. The Morgan fingerprint density at radius 3 is 2.94 bits per heavy atom. The van der Waals surface area contributed by atoms with Crippen LogP contribution in [0.1, 0.15) is 13.8 Å². The molecule has 0 saturated carbocycles. The molecule has 1 N–H and O–H groups in total. The summed E-state index contributed by atoms with van der Waals surface area (Å²) in [4.78, 5) is 2.48. The first-order valence-electron chi connectivity index (χ1n) is 6.51. The number of anilines is 1. The van der Waals surface area contributed by atoms with Gasteiger partial charge >= 0.3 is 0 Å². The molecule has 1 aliphatic heterocycles. The van der Waals surface area contributed by atoms with Crippen LogP contribution in [-0.2, 0) is 4.74 Å². The van der Waals surface area contributed by atoms with E-state index in [2.05, 4.69) is 70.9 Å². The van der Waals surface area contributed by atoms with E-state index in [1.807, 2.05) is 0 Å². The molecule has 0 aromatic heterocycles. The summed E-state index contributed by atoms with van der Waals surface area (Å²) in [5.74, 6) is 0. The van der Waals surface area contributed by atoms with Gasteiger partial charge in [-0.3, -0.25) is 4.90 Å². The fourth-order valence-electron chi connectivity index (χ4n) is 2.16. The highest BCUT2D eigenvalue weighted by molar-refractivity contribution is 14.1. The van der Waals surface area contributed by atoms with Crippen molar-refractivity contribution in [2.24, 2.45) is 0 Å². The van der Waals surface area contributed by atoms with E-state index in [0.717, 1.165) is 26.2 Å². The lowest BCUT2D eigenvalue weighted by Gasteiger charge is -2.35. The van der Waals surface area contributed by atoms with Crippen LogP contribution in [0.3, 0.4) is 0 Å². The standard InChI is InChI=1S/C14H21IN2O/c1-11(2)17-7-8-18-12(10-17)9-16-14-6-4-3-5-13(14)15/h3-6,11-12,16H,7-10H2,1-2H3. The monoisotopic (exact) mass is 360 g/mol. The summed E-state index contributed by atoms with van der Waals surface area (Å²) in [5, 5.41) is 3.48. The molecule has 0 amide bonds. The summed E-state index contributed by atoms with van der Waals surface area (Å²) in [5.41, 5.74) is 1.20. The lowest BCUT2D eigenvalue weighted by atomic mass is 10.2. The van der Waals surface area contributed by atoms with Crippen molar-refractivity contribution in [2.75, 3.05) is 31.6 Å². The Kier molecular flexibility index (Phi) is 5.26. The van der Waals surface area contributed by atoms with Gasteiger partial charge in [-0.1, -0.05) is 12.1 Å². The normalized spacial score (nSPS) is 21.2. The molecule has 1 aromatic rings. The minimum Gasteiger partial charge on any atom is -0.382 e. The number of nitrogens with zero attached hydrogens (tertiary/aromatic N) is 1. The van der Waals surface area contributed by atoms with E-state index in [9.17, 15) is 0 Å². The summed E-state index contributed by atoms with van der Waals surface area (Å²) in [7, 11) is 0. The summed E-state index contributed by atoms with van der Waals surface area (Å²) in [6, 6.07) is 8.96. The Balaban J connectivity index is 1.85. The molecular formula is C14H21IN2O. The Hall–Kier alpha value is -0.330. The van der Waals surface area contributed by atoms with Gasteiger partial charge in [0.2, 0.25) is 0 Å². The molecule has 1 unspecified atom stereocenters. The number of para-hydroxylation sites is 1. The van der Waals surface area contributed by atoms with Crippen LogP contribution in [-0.4, -0.2) is 43.3 Å². The van der Waals surface area contributed by atoms with Crippen molar-refractivity contribution in [1.29, 1.82) is 0 Å². The maximum absolute atomic E-state index is 5.81. The second-order valence-corrected chi connectivity index (χ2v) is 6.10. The molecule has 2 rings (SSSR count). The predicted molar refractivity (Wildman–Crippen MR) is 84.1 cm³/mol. The predicted octanol–water partition coefficient (Wildman–Crippen LogP) is 2.81. The summed E-state index contributed by atoms with van der Waals surface area (Å²) < 4.78 is 7.07. The molecule has 0 radical (unpaired) electrons. The number of halogens is 1. The van der Waals surface area contributed by atoms with E-state index in [-0.39, 0.29) is 6.10 Å². The zero-order valence-electron chi connectivity index (χ0n) is 11.0. The molecule has 18 heavy (non-hydrogen) atoms. The number of ether oxygens (including phenoxy) is 1. The van der Waals surface area contributed by atoms with Gasteiger partial charge in [-0.05, 0) is 48.6 Å². The van der Waals surface area contributed by atoms with Crippen molar-refractivity contribution in [2.45, 2.75) is 26.0 Å². The summed E-state index contributed by atoms with van der Waals surface area (Å²) in [6.45, 7) is 8.29. The van der Waals surface area contributed by atoms with E-state index in [1.54, 1.807) is 0 Å². The quantitative estimate of drug-likeness (QED) is 0.836. The molecule has 3 nitrogen and oxygen atoms in total. The molecule has 1 saturated heterocycles. The second kappa shape index (κ2) is 6.73. The van der Waals surface area contributed by atoms with Crippen LogP contribution in [0, 0.1) is 3.57 Å². The van der Waals surface area contributed by atoms with Crippen LogP contribution in [0.25, 0.3) is 0 Å².